The lowest BCUT2D eigenvalue weighted by molar-refractivity contribution is -0.0215. The highest BCUT2D eigenvalue weighted by molar-refractivity contribution is 8.76. The van der Waals surface area contributed by atoms with E-state index in [-0.39, 0.29) is 54.8 Å². The first-order chi connectivity index (χ1) is 36.0. The zero-order valence-corrected chi connectivity index (χ0v) is 44.3. The van der Waals surface area contributed by atoms with Crippen molar-refractivity contribution in [2.75, 3.05) is 31.3 Å². The summed E-state index contributed by atoms with van der Waals surface area (Å²) in [6.45, 7) is 2.40. The molecule has 0 spiro atoms. The molecule has 396 valence electrons. The second-order valence-electron chi connectivity index (χ2n) is 21.7. The fourth-order valence-electron chi connectivity index (χ4n) is 12.9. The highest BCUT2D eigenvalue weighted by Crippen LogP contribution is 2.51. The van der Waals surface area contributed by atoms with Crippen molar-refractivity contribution >= 4 is 21.6 Å². The number of rotatable bonds is 14. The van der Waals surface area contributed by atoms with E-state index in [2.05, 4.69) is 95.8 Å². The van der Waals surface area contributed by atoms with Gasteiger partial charge in [0.25, 0.3) is 0 Å². The van der Waals surface area contributed by atoms with Gasteiger partial charge in [-0.1, -0.05) is 119 Å². The lowest BCUT2D eigenvalue weighted by Gasteiger charge is -2.37. The fourth-order valence-corrected chi connectivity index (χ4v) is 15.5. The van der Waals surface area contributed by atoms with Gasteiger partial charge in [-0.05, 0) is 147 Å². The first-order valence-electron chi connectivity index (χ1n) is 27.1. The van der Waals surface area contributed by atoms with Crippen LogP contribution in [-0.4, -0.2) is 103 Å². The topological polar surface area (TPSA) is 205 Å². The van der Waals surface area contributed by atoms with Crippen molar-refractivity contribution in [2.24, 2.45) is 40.7 Å². The maximum absolute atomic E-state index is 12.6. The molecule has 5 aliphatic rings. The van der Waals surface area contributed by atoms with E-state index >= 15 is 0 Å². The quantitative estimate of drug-likeness (QED) is 0.0328. The van der Waals surface area contributed by atoms with Crippen LogP contribution in [0.25, 0.3) is 0 Å². The van der Waals surface area contributed by atoms with Crippen LogP contribution in [0.1, 0.15) is 104 Å². The zero-order chi connectivity index (χ0) is 51.8. The second kappa shape index (κ2) is 25.0. The lowest BCUT2D eigenvalue weighted by Crippen LogP contribution is -2.42. The molecule has 0 bridgehead atoms. The van der Waals surface area contributed by atoms with Crippen molar-refractivity contribution in [2.45, 2.75) is 126 Å². The summed E-state index contributed by atoms with van der Waals surface area (Å²) in [5.74, 6) is 7.46. The zero-order valence-electron chi connectivity index (χ0n) is 42.7. The van der Waals surface area contributed by atoms with Gasteiger partial charge in [0.15, 0.2) is 11.5 Å². The minimum atomic E-state index is -1.08. The van der Waals surface area contributed by atoms with Crippen molar-refractivity contribution in [1.29, 1.82) is 0 Å². The number of nitrogens with two attached hydrogens (primary N) is 1. The molecule has 1 saturated heterocycles. The molecule has 3 aromatic carbocycles. The van der Waals surface area contributed by atoms with E-state index < -0.39 is 53.7 Å². The molecule has 13 heteroatoms. The molecule has 13 atom stereocenters. The third-order valence-corrected chi connectivity index (χ3v) is 19.3. The predicted octanol–water partition coefficient (Wildman–Crippen LogP) is 8.45. The monoisotopic (exact) mass is 1040 g/mol. The summed E-state index contributed by atoms with van der Waals surface area (Å²) in [6, 6.07) is 28.7. The summed E-state index contributed by atoms with van der Waals surface area (Å²) in [5.41, 5.74) is 14.5. The van der Waals surface area contributed by atoms with Crippen LogP contribution in [0, 0.1) is 46.8 Å². The van der Waals surface area contributed by atoms with E-state index in [4.69, 9.17) is 10.5 Å². The van der Waals surface area contributed by atoms with Gasteiger partial charge in [-0.3, -0.25) is 0 Å². The lowest BCUT2D eigenvalue weighted by atomic mass is 9.69. The predicted molar refractivity (Wildman–Crippen MR) is 296 cm³/mol. The summed E-state index contributed by atoms with van der Waals surface area (Å²) in [4.78, 5) is 3.36. The minimum absolute atomic E-state index is 0.0363. The molecular weight excluding hydrogens is 967 g/mol. The molecule has 9 rings (SSSR count). The Morgan fingerprint density at radius 2 is 1.72 bits per heavy atom. The summed E-state index contributed by atoms with van der Waals surface area (Å²) in [5, 5.41) is 85.4. The maximum Gasteiger partial charge on any atom is 0.161 e. The summed E-state index contributed by atoms with van der Waals surface area (Å²) < 4.78 is 6.93. The summed E-state index contributed by atoms with van der Waals surface area (Å²) in [6.07, 6.45) is 8.23. The number of hydrogen-bond acceptors (Lipinski definition) is 12. The first-order valence-corrected chi connectivity index (χ1v) is 29.5. The van der Waals surface area contributed by atoms with Crippen LogP contribution < -0.4 is 15.8 Å². The molecular formula is C61H77N3O8S2. The van der Waals surface area contributed by atoms with Gasteiger partial charge in [0.2, 0.25) is 0 Å². The Bertz CT molecular complexity index is 2630. The number of nitrogens with one attached hydrogen (secondary N) is 2. The summed E-state index contributed by atoms with van der Waals surface area (Å²) >= 11 is 0. The molecule has 11 nitrogen and oxygen atoms in total. The average molecular weight is 1040 g/mol. The molecule has 2 aliphatic heterocycles. The molecule has 1 aromatic heterocycles. The minimum Gasteiger partial charge on any atom is -0.504 e. The van der Waals surface area contributed by atoms with E-state index in [1.807, 2.05) is 30.5 Å². The number of aromatic nitrogens is 1. The van der Waals surface area contributed by atoms with Crippen molar-refractivity contribution in [1.82, 2.24) is 10.3 Å². The third kappa shape index (κ3) is 12.6. The number of aliphatic hydroxyl groups excluding tert-OH is 6. The maximum atomic E-state index is 12.6. The number of fused-ring (bicyclic) bond motifs is 5. The highest BCUT2D eigenvalue weighted by atomic mass is 33.1. The van der Waals surface area contributed by atoms with E-state index in [0.29, 0.717) is 75.2 Å². The Balaban J connectivity index is 1.08. The number of allylic oxidation sites excluding steroid dienone is 3. The number of aromatic hydroxyl groups is 1. The van der Waals surface area contributed by atoms with E-state index in [9.17, 15) is 35.7 Å². The molecule has 0 amide bonds. The Hall–Kier alpha value is -4.62. The van der Waals surface area contributed by atoms with E-state index in [0.717, 1.165) is 52.8 Å². The molecule has 3 heterocycles. The van der Waals surface area contributed by atoms with Gasteiger partial charge in [0.05, 0.1) is 24.4 Å². The Morgan fingerprint density at radius 3 is 2.46 bits per heavy atom. The molecule has 0 radical (unpaired) electrons. The highest BCUT2D eigenvalue weighted by Gasteiger charge is 2.44. The Kier molecular flexibility index (Phi) is 18.3. The van der Waals surface area contributed by atoms with Crippen LogP contribution in [0.5, 0.6) is 11.5 Å². The third-order valence-electron chi connectivity index (χ3n) is 16.9. The number of phenols is 1. The molecule has 0 unspecified atom stereocenters. The van der Waals surface area contributed by atoms with Gasteiger partial charge in [-0.25, -0.2) is 0 Å². The van der Waals surface area contributed by atoms with Crippen LogP contribution in [0.3, 0.4) is 0 Å². The Labute approximate surface area is 445 Å². The number of aliphatic hydroxyl groups is 6. The second-order valence-corrected chi connectivity index (χ2v) is 24.2. The molecule has 1 fully saturated rings. The van der Waals surface area contributed by atoms with Crippen LogP contribution in [0.15, 0.2) is 126 Å². The largest absolute Gasteiger partial charge is 0.504 e. The number of dihydropyridines is 1. The fraction of sp³-hybridized carbons (Fsp3) is 0.508. The number of aryl methyl sites for hydroxylation is 1. The van der Waals surface area contributed by atoms with Gasteiger partial charge < -0.3 is 56.5 Å². The SMILES string of the molecule is CC[C@@H]1Cc2cc(O)c(O[C@@H]3C[C@H](Cc4ccc[nH]4)C4=CCNC(N)=C4CSSC[C@H](CO)[C@H]3O)cc2[C@H]2C[C@@H](O)[C@@H]3[C@@H](C#C[C@](CCO)(C[C@H](CCc4ccccc4)c4ccccc4)C[C@@H](O)CC[C@@H]3O)C=C12. The molecule has 11 N–H and O–H groups in total. The van der Waals surface area contributed by atoms with E-state index in [1.165, 1.54) is 11.1 Å². The average Bonchev–Trinajstić information content (AvgIpc) is 3.87. The normalized spacial score (nSPS) is 30.9. The number of ether oxygens (including phenoxy) is 1. The molecule has 3 aliphatic carbocycles. The number of benzene rings is 3. The smallest absolute Gasteiger partial charge is 0.161 e. The van der Waals surface area contributed by atoms with Crippen molar-refractivity contribution < 1.29 is 40.5 Å². The first kappa shape index (κ1) is 54.2. The van der Waals surface area contributed by atoms with Crippen molar-refractivity contribution in [3.8, 4) is 23.3 Å². The van der Waals surface area contributed by atoms with Gasteiger partial charge >= 0.3 is 0 Å². The van der Waals surface area contributed by atoms with Gasteiger partial charge in [-0.15, -0.1) is 0 Å². The molecule has 0 saturated carbocycles. The van der Waals surface area contributed by atoms with Gasteiger partial charge in [-0.2, -0.15) is 0 Å². The number of hydrogen-bond donors (Lipinski definition) is 10. The number of aromatic amines is 1. The Morgan fingerprint density at radius 1 is 0.919 bits per heavy atom. The van der Waals surface area contributed by atoms with Crippen LogP contribution >= 0.6 is 21.6 Å². The number of phenolic OH excluding ortho intramolecular Hbond substituents is 1. The van der Waals surface area contributed by atoms with E-state index in [1.54, 1.807) is 27.7 Å². The van der Waals surface area contributed by atoms with Crippen molar-refractivity contribution in [3.63, 3.8) is 0 Å². The van der Waals surface area contributed by atoms with Crippen LogP contribution in [0.2, 0.25) is 0 Å². The molecule has 74 heavy (non-hydrogen) atoms. The van der Waals surface area contributed by atoms with Crippen LogP contribution in [-0.2, 0) is 19.3 Å². The van der Waals surface area contributed by atoms with Crippen LogP contribution in [0.4, 0.5) is 0 Å². The summed E-state index contributed by atoms with van der Waals surface area (Å²) in [7, 11) is 3.24. The standard InChI is InChI=1S/C61H77N3O8S2/c1-2-39-26-43-29-54(69)56(72-57-30-44(27-46-14-9-23-63-46)48-20-24-64-60(62)52(48)37-74-73-36-45(35-66)59(57)71)32-50(43)51-31-55(70)58-41(28-49(39)51)19-21-61(22-25-65,34-47(67)17-18-53(58)68)33-42(40-12-7-4-8-13-40)16-15-38-10-5-3-6-11-38/h3-14,20,23,28-29,32,39,41-42,44-45,47,51,53,55,57-59,63-71H,2,15-18,22,24-27,30-31,33-37,62H2,1H3/t39-,41+,42+,44+,45+,47+,51+,53+,55-,57-,58-,59-,61+/m1/s1. The molecule has 4 aromatic rings. The van der Waals surface area contributed by atoms with Gasteiger partial charge in [0, 0.05) is 77.8 Å². The number of H-pyrrole nitrogens is 1. The van der Waals surface area contributed by atoms with Gasteiger partial charge in [0.1, 0.15) is 11.9 Å². The van der Waals surface area contributed by atoms with Crippen molar-refractivity contribution in [3.05, 3.63) is 154 Å².